The van der Waals surface area contributed by atoms with Gasteiger partial charge in [-0.3, -0.25) is 0 Å². The summed E-state index contributed by atoms with van der Waals surface area (Å²) in [5, 5.41) is 3.67. The number of hydrogen-bond acceptors (Lipinski definition) is 1. The molecule has 0 aliphatic carbocycles. The lowest BCUT2D eigenvalue weighted by atomic mass is 9.88. The first-order valence-electron chi connectivity index (χ1n) is 7.95. The van der Waals surface area contributed by atoms with Crippen LogP contribution in [0.15, 0.2) is 48.5 Å². The zero-order chi connectivity index (χ0) is 15.2. The standard InChI is InChI=1S/C20H27N/c1-5-21-20(17(4)19-9-7-6-8-10-19)14-18-12-15(2)11-16(3)13-18/h6-13,17,20-21H,5,14H2,1-4H3. The minimum absolute atomic E-state index is 0.471. The van der Waals surface area contributed by atoms with Crippen LogP contribution in [0.2, 0.25) is 0 Å². The molecule has 2 aromatic rings. The van der Waals surface area contributed by atoms with Crippen LogP contribution in [0.4, 0.5) is 0 Å². The average molecular weight is 281 g/mol. The normalized spacial score (nSPS) is 13.9. The Morgan fingerprint density at radius 1 is 0.952 bits per heavy atom. The molecule has 0 fully saturated rings. The van der Waals surface area contributed by atoms with E-state index in [0.717, 1.165) is 13.0 Å². The summed E-state index contributed by atoms with van der Waals surface area (Å²) in [5.74, 6) is 0.506. The van der Waals surface area contributed by atoms with Crippen LogP contribution in [-0.2, 0) is 6.42 Å². The molecule has 0 aromatic heterocycles. The zero-order valence-electron chi connectivity index (χ0n) is 13.7. The quantitative estimate of drug-likeness (QED) is 0.814. The van der Waals surface area contributed by atoms with Crippen LogP contribution in [0, 0.1) is 13.8 Å². The molecule has 21 heavy (non-hydrogen) atoms. The van der Waals surface area contributed by atoms with Crippen molar-refractivity contribution in [3.05, 3.63) is 70.8 Å². The Hall–Kier alpha value is -1.60. The van der Waals surface area contributed by atoms with Gasteiger partial charge in [0.2, 0.25) is 0 Å². The van der Waals surface area contributed by atoms with Crippen LogP contribution in [-0.4, -0.2) is 12.6 Å². The van der Waals surface area contributed by atoms with Crippen molar-refractivity contribution in [2.24, 2.45) is 0 Å². The monoisotopic (exact) mass is 281 g/mol. The van der Waals surface area contributed by atoms with Crippen molar-refractivity contribution in [3.8, 4) is 0 Å². The van der Waals surface area contributed by atoms with Gasteiger partial charge in [-0.1, -0.05) is 73.5 Å². The van der Waals surface area contributed by atoms with Crippen LogP contribution in [0.5, 0.6) is 0 Å². The maximum absolute atomic E-state index is 3.67. The van der Waals surface area contributed by atoms with Crippen LogP contribution < -0.4 is 5.32 Å². The summed E-state index contributed by atoms with van der Waals surface area (Å²) in [4.78, 5) is 0. The number of rotatable bonds is 6. The fourth-order valence-corrected chi connectivity index (χ4v) is 3.12. The van der Waals surface area contributed by atoms with Gasteiger partial charge in [-0.25, -0.2) is 0 Å². The molecule has 0 heterocycles. The van der Waals surface area contributed by atoms with Crippen molar-refractivity contribution in [2.45, 2.75) is 46.1 Å². The van der Waals surface area contributed by atoms with E-state index >= 15 is 0 Å². The molecule has 2 unspecified atom stereocenters. The second-order valence-electron chi connectivity index (χ2n) is 6.06. The number of likely N-dealkylation sites (N-methyl/N-ethyl adjacent to an activating group) is 1. The van der Waals surface area contributed by atoms with E-state index in [2.05, 4.69) is 81.5 Å². The summed E-state index contributed by atoms with van der Waals surface area (Å²) in [6.45, 7) is 9.88. The van der Waals surface area contributed by atoms with Crippen LogP contribution in [0.1, 0.15) is 42.0 Å². The highest BCUT2D eigenvalue weighted by Gasteiger charge is 2.18. The van der Waals surface area contributed by atoms with Crippen LogP contribution in [0.3, 0.4) is 0 Å². The highest BCUT2D eigenvalue weighted by Crippen LogP contribution is 2.22. The molecule has 1 N–H and O–H groups in total. The van der Waals surface area contributed by atoms with Crippen LogP contribution in [0.25, 0.3) is 0 Å². The molecule has 2 rings (SSSR count). The van der Waals surface area contributed by atoms with E-state index < -0.39 is 0 Å². The predicted octanol–water partition coefficient (Wildman–Crippen LogP) is 4.63. The van der Waals surface area contributed by atoms with Gasteiger partial charge in [0.1, 0.15) is 0 Å². The lowest BCUT2D eigenvalue weighted by molar-refractivity contribution is 0.458. The fraction of sp³-hybridized carbons (Fsp3) is 0.400. The first-order valence-corrected chi connectivity index (χ1v) is 7.95. The number of nitrogens with one attached hydrogen (secondary N) is 1. The lowest BCUT2D eigenvalue weighted by Gasteiger charge is -2.26. The van der Waals surface area contributed by atoms with Crippen molar-refractivity contribution in [1.29, 1.82) is 0 Å². The molecule has 0 amide bonds. The summed E-state index contributed by atoms with van der Waals surface area (Å²) in [6, 6.07) is 18.2. The van der Waals surface area contributed by atoms with Gasteiger partial charge in [-0.05, 0) is 43.9 Å². The molecule has 1 heteroatoms. The van der Waals surface area contributed by atoms with Crippen LogP contribution >= 0.6 is 0 Å². The Morgan fingerprint density at radius 2 is 1.57 bits per heavy atom. The predicted molar refractivity (Wildman–Crippen MR) is 91.9 cm³/mol. The molecule has 0 radical (unpaired) electrons. The number of aryl methyl sites for hydroxylation is 2. The number of hydrogen-bond donors (Lipinski definition) is 1. The third-order valence-corrected chi connectivity index (χ3v) is 4.13. The molecular weight excluding hydrogens is 254 g/mol. The Labute approximate surface area is 129 Å². The van der Waals surface area contributed by atoms with Gasteiger partial charge in [0.25, 0.3) is 0 Å². The molecule has 0 bridgehead atoms. The second kappa shape index (κ2) is 7.42. The van der Waals surface area contributed by atoms with E-state index in [1.54, 1.807) is 0 Å². The molecule has 1 nitrogen and oxygen atoms in total. The van der Waals surface area contributed by atoms with Gasteiger partial charge >= 0.3 is 0 Å². The molecule has 2 aromatic carbocycles. The first kappa shape index (κ1) is 15.8. The molecule has 0 aliphatic rings. The molecule has 0 saturated heterocycles. The second-order valence-corrected chi connectivity index (χ2v) is 6.06. The summed E-state index contributed by atoms with van der Waals surface area (Å²) < 4.78 is 0. The van der Waals surface area contributed by atoms with E-state index in [1.807, 2.05) is 0 Å². The average Bonchev–Trinajstić information content (AvgIpc) is 2.46. The summed E-state index contributed by atoms with van der Waals surface area (Å²) in [6.07, 6.45) is 1.08. The van der Waals surface area contributed by atoms with Gasteiger partial charge in [-0.15, -0.1) is 0 Å². The Balaban J connectivity index is 2.18. The maximum Gasteiger partial charge on any atom is 0.0173 e. The van der Waals surface area contributed by atoms with E-state index in [4.69, 9.17) is 0 Å². The smallest absolute Gasteiger partial charge is 0.0173 e. The lowest BCUT2D eigenvalue weighted by Crippen LogP contribution is -2.35. The molecule has 0 aliphatic heterocycles. The summed E-state index contributed by atoms with van der Waals surface area (Å²) >= 11 is 0. The van der Waals surface area contributed by atoms with E-state index in [0.29, 0.717) is 12.0 Å². The van der Waals surface area contributed by atoms with Crippen molar-refractivity contribution in [3.63, 3.8) is 0 Å². The van der Waals surface area contributed by atoms with E-state index in [-0.39, 0.29) is 0 Å². The third-order valence-electron chi connectivity index (χ3n) is 4.13. The maximum atomic E-state index is 3.67. The fourth-order valence-electron chi connectivity index (χ4n) is 3.12. The Bertz CT molecular complexity index is 539. The molecular formula is C20H27N. The largest absolute Gasteiger partial charge is 0.313 e. The van der Waals surface area contributed by atoms with Gasteiger partial charge < -0.3 is 5.32 Å². The van der Waals surface area contributed by atoms with Gasteiger partial charge in [0.05, 0.1) is 0 Å². The third kappa shape index (κ3) is 4.44. The van der Waals surface area contributed by atoms with Gasteiger partial charge in [0, 0.05) is 6.04 Å². The molecule has 0 spiro atoms. The minimum Gasteiger partial charge on any atom is -0.313 e. The van der Waals surface area contributed by atoms with Crippen molar-refractivity contribution in [1.82, 2.24) is 5.32 Å². The first-order chi connectivity index (χ1) is 10.1. The highest BCUT2D eigenvalue weighted by molar-refractivity contribution is 5.30. The summed E-state index contributed by atoms with van der Waals surface area (Å²) in [7, 11) is 0. The van der Waals surface area contributed by atoms with Crippen molar-refractivity contribution < 1.29 is 0 Å². The van der Waals surface area contributed by atoms with Crippen molar-refractivity contribution >= 4 is 0 Å². The topological polar surface area (TPSA) is 12.0 Å². The summed E-state index contributed by atoms with van der Waals surface area (Å²) in [5.41, 5.74) is 5.55. The number of benzene rings is 2. The molecule has 0 saturated carbocycles. The van der Waals surface area contributed by atoms with Crippen molar-refractivity contribution in [2.75, 3.05) is 6.54 Å². The Morgan fingerprint density at radius 3 is 2.14 bits per heavy atom. The Kier molecular flexibility index (Phi) is 5.58. The van der Waals surface area contributed by atoms with Gasteiger partial charge in [0.15, 0.2) is 0 Å². The van der Waals surface area contributed by atoms with E-state index in [9.17, 15) is 0 Å². The zero-order valence-corrected chi connectivity index (χ0v) is 13.7. The SMILES string of the molecule is CCNC(Cc1cc(C)cc(C)c1)C(C)c1ccccc1. The molecule has 2 atom stereocenters. The van der Waals surface area contributed by atoms with E-state index in [1.165, 1.54) is 22.3 Å². The minimum atomic E-state index is 0.471. The highest BCUT2D eigenvalue weighted by atomic mass is 14.9. The van der Waals surface area contributed by atoms with Gasteiger partial charge in [-0.2, -0.15) is 0 Å². The molecule has 112 valence electrons.